The fourth-order valence-electron chi connectivity index (χ4n) is 2.63. The number of nitrogens with zero attached hydrogens (tertiary/aromatic N) is 3. The Labute approximate surface area is 138 Å². The van der Waals surface area contributed by atoms with E-state index < -0.39 is 5.38 Å². The van der Waals surface area contributed by atoms with E-state index in [2.05, 4.69) is 10.1 Å². The Morgan fingerprint density at radius 3 is 3.05 bits per heavy atom. The van der Waals surface area contributed by atoms with E-state index in [0.717, 1.165) is 18.4 Å². The van der Waals surface area contributed by atoms with E-state index >= 15 is 0 Å². The highest BCUT2D eigenvalue weighted by atomic mass is 35.5. The molecule has 0 N–H and O–H groups in total. The van der Waals surface area contributed by atoms with Gasteiger partial charge in [-0.05, 0) is 31.9 Å². The van der Waals surface area contributed by atoms with Crippen LogP contribution >= 0.6 is 23.2 Å². The Morgan fingerprint density at radius 2 is 2.32 bits per heavy atom. The largest absolute Gasteiger partial charge is 0.337 e. The second kappa shape index (κ2) is 6.26. The highest BCUT2D eigenvalue weighted by molar-refractivity contribution is 6.31. The summed E-state index contributed by atoms with van der Waals surface area (Å²) in [6.45, 7) is 2.33. The molecule has 1 fully saturated rings. The molecule has 0 bridgehead atoms. The normalized spacial score (nSPS) is 19.4. The first-order valence-corrected chi connectivity index (χ1v) is 7.92. The van der Waals surface area contributed by atoms with Gasteiger partial charge < -0.3 is 9.42 Å². The molecule has 1 saturated heterocycles. The minimum Gasteiger partial charge on any atom is -0.337 e. The zero-order chi connectivity index (χ0) is 15.7. The van der Waals surface area contributed by atoms with Crippen LogP contribution in [0.2, 0.25) is 5.02 Å². The van der Waals surface area contributed by atoms with Crippen LogP contribution in [0.4, 0.5) is 0 Å². The maximum Gasteiger partial charge on any atom is 0.249 e. The van der Waals surface area contributed by atoms with Crippen molar-refractivity contribution in [2.24, 2.45) is 0 Å². The second-order valence-corrected chi connectivity index (χ2v) is 6.36. The van der Waals surface area contributed by atoms with E-state index in [1.165, 1.54) is 0 Å². The average molecular weight is 340 g/mol. The lowest BCUT2D eigenvalue weighted by atomic mass is 10.2. The quantitative estimate of drug-likeness (QED) is 0.800. The van der Waals surface area contributed by atoms with Gasteiger partial charge >= 0.3 is 0 Å². The number of benzene rings is 1. The van der Waals surface area contributed by atoms with Crippen LogP contribution in [0, 0.1) is 0 Å². The van der Waals surface area contributed by atoms with Crippen molar-refractivity contribution < 1.29 is 9.32 Å². The van der Waals surface area contributed by atoms with Crippen LogP contribution in [0.1, 0.15) is 31.7 Å². The monoisotopic (exact) mass is 339 g/mol. The summed E-state index contributed by atoms with van der Waals surface area (Å²) in [6, 6.07) is 7.04. The summed E-state index contributed by atoms with van der Waals surface area (Å²) in [6.07, 6.45) is 1.70. The molecule has 1 aliphatic rings. The Kier molecular flexibility index (Phi) is 4.36. The van der Waals surface area contributed by atoms with Crippen LogP contribution in [0.5, 0.6) is 0 Å². The first kappa shape index (κ1) is 15.3. The maximum absolute atomic E-state index is 12.1. The highest BCUT2D eigenvalue weighted by Crippen LogP contribution is 2.33. The highest BCUT2D eigenvalue weighted by Gasteiger charge is 2.35. The number of carbonyl (C=O) groups excluding carboxylic acids is 1. The minimum atomic E-state index is -0.559. The van der Waals surface area contributed by atoms with Gasteiger partial charge in [0.05, 0.1) is 0 Å². The molecule has 1 amide bonds. The number of hydrogen-bond acceptors (Lipinski definition) is 4. The molecule has 7 heteroatoms. The molecule has 2 aromatic rings. The van der Waals surface area contributed by atoms with Crippen molar-refractivity contribution in [3.8, 4) is 11.4 Å². The van der Waals surface area contributed by atoms with Crippen molar-refractivity contribution in [2.75, 3.05) is 6.54 Å². The zero-order valence-electron chi connectivity index (χ0n) is 12.0. The third-order valence-electron chi connectivity index (χ3n) is 3.69. The summed E-state index contributed by atoms with van der Waals surface area (Å²) in [4.78, 5) is 18.3. The summed E-state index contributed by atoms with van der Waals surface area (Å²) < 4.78 is 5.36. The first-order chi connectivity index (χ1) is 10.6. The number of amides is 1. The van der Waals surface area contributed by atoms with Crippen LogP contribution in [0.25, 0.3) is 11.4 Å². The van der Waals surface area contributed by atoms with E-state index in [4.69, 9.17) is 27.7 Å². The summed E-state index contributed by atoms with van der Waals surface area (Å²) >= 11 is 11.9. The summed E-state index contributed by atoms with van der Waals surface area (Å²) in [5, 5.41) is 4.04. The summed E-state index contributed by atoms with van der Waals surface area (Å²) in [5.74, 6) is 0.806. The molecule has 2 atom stereocenters. The fourth-order valence-corrected chi connectivity index (χ4v) is 2.95. The third-order valence-corrected chi connectivity index (χ3v) is 4.11. The molecule has 2 heterocycles. The van der Waals surface area contributed by atoms with Gasteiger partial charge in [0.2, 0.25) is 17.6 Å². The predicted molar refractivity (Wildman–Crippen MR) is 83.7 cm³/mol. The van der Waals surface area contributed by atoms with Gasteiger partial charge in [0, 0.05) is 17.1 Å². The number of rotatable bonds is 3. The van der Waals surface area contributed by atoms with Gasteiger partial charge in [-0.3, -0.25) is 4.79 Å². The summed E-state index contributed by atoms with van der Waals surface area (Å²) in [7, 11) is 0. The van der Waals surface area contributed by atoms with Crippen LogP contribution in [0.15, 0.2) is 28.8 Å². The lowest BCUT2D eigenvalue weighted by molar-refractivity contribution is -0.131. The molecule has 1 aromatic carbocycles. The Morgan fingerprint density at radius 1 is 1.50 bits per heavy atom. The number of carbonyl (C=O) groups is 1. The first-order valence-electron chi connectivity index (χ1n) is 7.10. The van der Waals surface area contributed by atoms with Crippen LogP contribution in [-0.4, -0.2) is 32.9 Å². The molecule has 2 unspecified atom stereocenters. The van der Waals surface area contributed by atoms with E-state index in [1.54, 1.807) is 24.0 Å². The molecule has 1 aromatic heterocycles. The number of aromatic nitrogens is 2. The lowest BCUT2D eigenvalue weighted by Gasteiger charge is -2.22. The van der Waals surface area contributed by atoms with Crippen molar-refractivity contribution >= 4 is 29.1 Å². The van der Waals surface area contributed by atoms with E-state index in [-0.39, 0.29) is 11.9 Å². The van der Waals surface area contributed by atoms with Gasteiger partial charge in [-0.25, -0.2) is 0 Å². The van der Waals surface area contributed by atoms with Gasteiger partial charge in [-0.2, -0.15) is 4.98 Å². The Balaban J connectivity index is 1.85. The smallest absolute Gasteiger partial charge is 0.249 e. The standard InChI is InChI=1S/C15H15Cl2N3O2/c1-9(16)15(21)20-7-3-6-12(20)14-18-13(19-22-14)10-4-2-5-11(17)8-10/h2,4-5,8-9,12H,3,6-7H2,1H3. The maximum atomic E-state index is 12.1. The summed E-state index contributed by atoms with van der Waals surface area (Å²) in [5.41, 5.74) is 0.782. The fraction of sp³-hybridized carbons (Fsp3) is 0.400. The molecule has 0 radical (unpaired) electrons. The number of likely N-dealkylation sites (tertiary alicyclic amines) is 1. The Bertz CT molecular complexity index is 687. The SMILES string of the molecule is CC(Cl)C(=O)N1CCCC1c1nc(-c2cccc(Cl)c2)no1. The molecule has 3 rings (SSSR count). The Hall–Kier alpha value is -1.59. The molecule has 0 aliphatic carbocycles. The number of hydrogen-bond donors (Lipinski definition) is 0. The molecular formula is C15H15Cl2N3O2. The molecule has 5 nitrogen and oxygen atoms in total. The van der Waals surface area contributed by atoms with E-state index in [1.807, 2.05) is 12.1 Å². The molecule has 116 valence electrons. The van der Waals surface area contributed by atoms with Gasteiger partial charge in [0.25, 0.3) is 0 Å². The van der Waals surface area contributed by atoms with Crippen LogP contribution in [-0.2, 0) is 4.79 Å². The molecular weight excluding hydrogens is 325 g/mol. The van der Waals surface area contributed by atoms with Gasteiger partial charge in [0.1, 0.15) is 11.4 Å². The number of halogens is 2. The van der Waals surface area contributed by atoms with Crippen molar-refractivity contribution in [3.05, 3.63) is 35.2 Å². The van der Waals surface area contributed by atoms with Crippen molar-refractivity contribution in [3.63, 3.8) is 0 Å². The molecule has 0 saturated carbocycles. The lowest BCUT2D eigenvalue weighted by Crippen LogP contribution is -2.35. The topological polar surface area (TPSA) is 59.2 Å². The second-order valence-electron chi connectivity index (χ2n) is 5.27. The van der Waals surface area contributed by atoms with Crippen LogP contribution < -0.4 is 0 Å². The molecule has 1 aliphatic heterocycles. The number of alkyl halides is 1. The molecule has 22 heavy (non-hydrogen) atoms. The van der Waals surface area contributed by atoms with Crippen molar-refractivity contribution in [1.82, 2.24) is 15.0 Å². The van der Waals surface area contributed by atoms with Crippen LogP contribution in [0.3, 0.4) is 0 Å². The van der Waals surface area contributed by atoms with Crippen molar-refractivity contribution in [2.45, 2.75) is 31.2 Å². The van der Waals surface area contributed by atoms with Gasteiger partial charge in [0.15, 0.2) is 0 Å². The third kappa shape index (κ3) is 2.96. The van der Waals surface area contributed by atoms with E-state index in [9.17, 15) is 4.79 Å². The average Bonchev–Trinajstić information content (AvgIpc) is 3.15. The van der Waals surface area contributed by atoms with Crippen molar-refractivity contribution in [1.29, 1.82) is 0 Å². The van der Waals surface area contributed by atoms with E-state index in [0.29, 0.717) is 23.3 Å². The zero-order valence-corrected chi connectivity index (χ0v) is 13.5. The van der Waals surface area contributed by atoms with Gasteiger partial charge in [-0.15, -0.1) is 11.6 Å². The predicted octanol–water partition coefficient (Wildman–Crippen LogP) is 3.68. The minimum absolute atomic E-state index is 0.105. The molecule has 0 spiro atoms. The van der Waals surface area contributed by atoms with Gasteiger partial charge in [-0.1, -0.05) is 28.9 Å².